The summed E-state index contributed by atoms with van der Waals surface area (Å²) in [5.74, 6) is -0.208. The van der Waals surface area contributed by atoms with Gasteiger partial charge in [-0.1, -0.05) is 11.6 Å². The van der Waals surface area contributed by atoms with Crippen molar-refractivity contribution in [3.05, 3.63) is 69.4 Å². The number of nitro benzene ring substituents is 1. The van der Waals surface area contributed by atoms with Crippen molar-refractivity contribution in [2.24, 2.45) is 0 Å². The molecule has 14 heteroatoms. The standard InChI is InChI=1S/C18H14ClF3N4O6/c19-14-5-12(26(28)29)1-3-15(14)31-8-13-2-4-16(32-13)17(27)24-11-6-23-25(7-11)10-30-9-18(20,21)22/h1-7H,8-10H2,(H,24,27). The Bertz CT molecular complexity index is 1110. The van der Waals surface area contributed by atoms with Gasteiger partial charge in [-0.25, -0.2) is 4.68 Å². The van der Waals surface area contributed by atoms with Gasteiger partial charge in [0.25, 0.3) is 11.6 Å². The SMILES string of the molecule is O=C(Nc1cnn(COCC(F)(F)F)c1)c1ccc(COc2ccc([N+](=O)[O-])cc2Cl)o1. The Morgan fingerprint density at radius 3 is 2.78 bits per heavy atom. The molecule has 2 heterocycles. The minimum absolute atomic E-state index is 0.0416. The molecule has 0 bridgehead atoms. The fraction of sp³-hybridized carbons (Fsp3) is 0.222. The highest BCUT2D eigenvalue weighted by Gasteiger charge is 2.27. The maximum atomic E-state index is 12.3. The lowest BCUT2D eigenvalue weighted by Crippen LogP contribution is -2.18. The van der Waals surface area contributed by atoms with Crippen molar-refractivity contribution in [2.75, 3.05) is 11.9 Å². The van der Waals surface area contributed by atoms with Crippen LogP contribution in [0.25, 0.3) is 0 Å². The van der Waals surface area contributed by atoms with Crippen molar-refractivity contribution >= 4 is 28.9 Å². The second-order valence-electron chi connectivity index (χ2n) is 6.24. The summed E-state index contributed by atoms with van der Waals surface area (Å²) >= 11 is 5.94. The van der Waals surface area contributed by atoms with E-state index in [4.69, 9.17) is 20.8 Å². The number of rotatable bonds is 9. The summed E-state index contributed by atoms with van der Waals surface area (Å²) in [5, 5.41) is 17.0. The summed E-state index contributed by atoms with van der Waals surface area (Å²) in [6, 6.07) is 6.60. The van der Waals surface area contributed by atoms with E-state index in [-0.39, 0.29) is 40.3 Å². The first kappa shape index (κ1) is 23.1. The van der Waals surface area contributed by atoms with Crippen LogP contribution in [0.3, 0.4) is 0 Å². The molecule has 0 unspecified atom stereocenters. The Labute approximate surface area is 182 Å². The lowest BCUT2D eigenvalue weighted by Gasteiger charge is -2.07. The van der Waals surface area contributed by atoms with Gasteiger partial charge in [-0.15, -0.1) is 0 Å². The van der Waals surface area contributed by atoms with Gasteiger partial charge in [0.2, 0.25) is 0 Å². The summed E-state index contributed by atoms with van der Waals surface area (Å²) in [6.07, 6.45) is -1.93. The molecule has 3 aromatic rings. The van der Waals surface area contributed by atoms with E-state index in [1.807, 2.05) is 0 Å². The molecule has 32 heavy (non-hydrogen) atoms. The highest BCUT2D eigenvalue weighted by molar-refractivity contribution is 6.32. The van der Waals surface area contributed by atoms with Crippen molar-refractivity contribution < 1.29 is 36.8 Å². The lowest BCUT2D eigenvalue weighted by molar-refractivity contribution is -0.384. The van der Waals surface area contributed by atoms with Crippen LogP contribution in [-0.2, 0) is 18.1 Å². The number of anilines is 1. The summed E-state index contributed by atoms with van der Waals surface area (Å²) < 4.78 is 52.6. The average Bonchev–Trinajstić information content (AvgIpc) is 3.35. The molecule has 2 aromatic heterocycles. The molecule has 0 saturated carbocycles. The number of carbonyl (C=O) groups excluding carboxylic acids is 1. The van der Waals surface area contributed by atoms with Gasteiger partial charge >= 0.3 is 6.18 Å². The highest BCUT2D eigenvalue weighted by Crippen LogP contribution is 2.29. The van der Waals surface area contributed by atoms with Crippen LogP contribution in [0.5, 0.6) is 5.75 Å². The molecule has 1 N–H and O–H groups in total. The first-order valence-electron chi connectivity index (χ1n) is 8.74. The second kappa shape index (κ2) is 9.70. The molecule has 0 aliphatic heterocycles. The third-order valence-corrected chi connectivity index (χ3v) is 4.06. The molecule has 1 amide bonds. The van der Waals surface area contributed by atoms with E-state index in [2.05, 4.69) is 15.2 Å². The predicted molar refractivity (Wildman–Crippen MR) is 103 cm³/mol. The number of furan rings is 1. The van der Waals surface area contributed by atoms with Gasteiger partial charge in [-0.05, 0) is 18.2 Å². The molecule has 0 saturated heterocycles. The number of benzene rings is 1. The molecular weight excluding hydrogens is 461 g/mol. The zero-order valence-corrected chi connectivity index (χ0v) is 16.7. The molecule has 0 radical (unpaired) electrons. The van der Waals surface area contributed by atoms with Crippen LogP contribution in [0.15, 0.2) is 47.1 Å². The molecule has 0 atom stereocenters. The Balaban J connectivity index is 1.52. The van der Waals surface area contributed by atoms with Crippen LogP contribution in [-0.4, -0.2) is 33.4 Å². The molecule has 1 aromatic carbocycles. The van der Waals surface area contributed by atoms with E-state index in [9.17, 15) is 28.1 Å². The van der Waals surface area contributed by atoms with E-state index in [0.29, 0.717) is 0 Å². The zero-order valence-electron chi connectivity index (χ0n) is 16.0. The third-order valence-electron chi connectivity index (χ3n) is 3.76. The van der Waals surface area contributed by atoms with Gasteiger partial charge in [-0.3, -0.25) is 14.9 Å². The molecule has 10 nitrogen and oxygen atoms in total. The number of nitro groups is 1. The summed E-state index contributed by atoms with van der Waals surface area (Å²) in [6.45, 7) is -1.96. The Kier molecular flexibility index (Phi) is 7.00. The fourth-order valence-corrected chi connectivity index (χ4v) is 2.62. The van der Waals surface area contributed by atoms with Gasteiger partial charge in [-0.2, -0.15) is 18.3 Å². The van der Waals surface area contributed by atoms with Gasteiger partial charge in [0, 0.05) is 12.1 Å². The van der Waals surface area contributed by atoms with Crippen LogP contribution in [0.1, 0.15) is 16.3 Å². The number of hydrogen-bond donors (Lipinski definition) is 1. The average molecular weight is 475 g/mol. The number of carbonyl (C=O) groups is 1. The number of ether oxygens (including phenoxy) is 2. The number of nitrogens with one attached hydrogen (secondary N) is 1. The maximum absolute atomic E-state index is 12.3. The van der Waals surface area contributed by atoms with Crippen molar-refractivity contribution in [3.63, 3.8) is 0 Å². The number of nitrogens with zero attached hydrogens (tertiary/aromatic N) is 3. The molecule has 0 aliphatic rings. The smallest absolute Gasteiger partial charge is 0.411 e. The van der Waals surface area contributed by atoms with Crippen molar-refractivity contribution in [1.82, 2.24) is 9.78 Å². The van der Waals surface area contributed by atoms with Crippen molar-refractivity contribution in [2.45, 2.75) is 19.5 Å². The summed E-state index contributed by atoms with van der Waals surface area (Å²) in [4.78, 5) is 22.4. The van der Waals surface area contributed by atoms with Crippen LogP contribution in [0.2, 0.25) is 5.02 Å². The zero-order chi connectivity index (χ0) is 23.3. The summed E-state index contributed by atoms with van der Waals surface area (Å²) in [7, 11) is 0. The molecule has 170 valence electrons. The Morgan fingerprint density at radius 1 is 1.31 bits per heavy atom. The van der Waals surface area contributed by atoms with Crippen LogP contribution in [0, 0.1) is 10.1 Å². The van der Waals surface area contributed by atoms with Gasteiger partial charge in [0.1, 0.15) is 31.5 Å². The molecule has 3 rings (SSSR count). The second-order valence-corrected chi connectivity index (χ2v) is 6.65. The number of hydrogen-bond acceptors (Lipinski definition) is 7. The van der Waals surface area contributed by atoms with Crippen LogP contribution >= 0.6 is 11.6 Å². The van der Waals surface area contributed by atoms with Crippen molar-refractivity contribution in [1.29, 1.82) is 0 Å². The minimum atomic E-state index is -4.45. The van der Waals surface area contributed by atoms with Gasteiger partial charge in [0.05, 0.1) is 28.0 Å². The molecule has 0 spiro atoms. The van der Waals surface area contributed by atoms with Gasteiger partial charge < -0.3 is 19.2 Å². The van der Waals surface area contributed by atoms with E-state index in [1.54, 1.807) is 0 Å². The first-order valence-corrected chi connectivity index (χ1v) is 9.12. The lowest BCUT2D eigenvalue weighted by atomic mass is 10.3. The van der Waals surface area contributed by atoms with E-state index < -0.39 is 30.3 Å². The maximum Gasteiger partial charge on any atom is 0.411 e. The number of aromatic nitrogens is 2. The topological polar surface area (TPSA) is 122 Å². The molecule has 0 aliphatic carbocycles. The normalized spacial score (nSPS) is 11.4. The summed E-state index contributed by atoms with van der Waals surface area (Å²) in [5.41, 5.74) is 0.0343. The van der Waals surface area contributed by atoms with E-state index in [1.165, 1.54) is 36.7 Å². The number of alkyl halides is 3. The van der Waals surface area contributed by atoms with Gasteiger partial charge in [0.15, 0.2) is 5.76 Å². The third kappa shape index (κ3) is 6.46. The van der Waals surface area contributed by atoms with Crippen LogP contribution in [0.4, 0.5) is 24.5 Å². The Morgan fingerprint density at radius 2 is 2.09 bits per heavy atom. The predicted octanol–water partition coefficient (Wildman–Crippen LogP) is 4.41. The van der Waals surface area contributed by atoms with E-state index >= 15 is 0 Å². The molecular formula is C18H14ClF3N4O6. The highest BCUT2D eigenvalue weighted by atomic mass is 35.5. The number of halogens is 4. The minimum Gasteiger partial charge on any atom is -0.484 e. The quantitative estimate of drug-likeness (QED) is 0.360. The number of non-ortho nitro benzene ring substituents is 1. The Hall–Kier alpha value is -3.58. The first-order chi connectivity index (χ1) is 15.1. The van der Waals surface area contributed by atoms with E-state index in [0.717, 1.165) is 10.7 Å². The van der Waals surface area contributed by atoms with Crippen molar-refractivity contribution in [3.8, 4) is 5.75 Å². The largest absolute Gasteiger partial charge is 0.484 e. The number of amides is 1. The fourth-order valence-electron chi connectivity index (χ4n) is 2.39. The monoisotopic (exact) mass is 474 g/mol. The van der Waals surface area contributed by atoms with Crippen LogP contribution < -0.4 is 10.1 Å². The molecule has 0 fully saturated rings.